The van der Waals surface area contributed by atoms with Gasteiger partial charge in [0.05, 0.1) is 16.7 Å². The lowest BCUT2D eigenvalue weighted by atomic mass is 9.94. The summed E-state index contributed by atoms with van der Waals surface area (Å²) in [5.41, 5.74) is 3.67. The van der Waals surface area contributed by atoms with Gasteiger partial charge < -0.3 is 0 Å². The first-order chi connectivity index (χ1) is 12.5. The van der Waals surface area contributed by atoms with Crippen molar-refractivity contribution >= 4 is 32.4 Å². The molecule has 0 bridgehead atoms. The van der Waals surface area contributed by atoms with E-state index in [-0.39, 0.29) is 5.92 Å². The molecule has 0 spiro atoms. The Morgan fingerprint density at radius 1 is 1.15 bits per heavy atom. The van der Waals surface area contributed by atoms with Crippen LogP contribution in [0.3, 0.4) is 0 Å². The fourth-order valence-corrected chi connectivity index (χ4v) is 5.16. The van der Waals surface area contributed by atoms with Crippen LogP contribution in [0.5, 0.6) is 0 Å². The van der Waals surface area contributed by atoms with Crippen molar-refractivity contribution in [2.24, 2.45) is 0 Å². The van der Waals surface area contributed by atoms with Gasteiger partial charge in [-0.25, -0.2) is 8.42 Å². The summed E-state index contributed by atoms with van der Waals surface area (Å²) >= 11 is 0.979. The fourth-order valence-electron chi connectivity index (χ4n) is 3.42. The Labute approximate surface area is 156 Å². The zero-order chi connectivity index (χ0) is 18.1. The zero-order valence-electron chi connectivity index (χ0n) is 14.4. The molecule has 3 heterocycles. The van der Waals surface area contributed by atoms with Crippen molar-refractivity contribution in [1.29, 1.82) is 0 Å². The average molecular weight is 390 g/mol. The van der Waals surface area contributed by atoms with Crippen LogP contribution in [0.1, 0.15) is 30.0 Å². The topological polar surface area (TPSA) is 88.9 Å². The molecule has 4 rings (SSSR count). The highest BCUT2D eigenvalue weighted by atomic mass is 32.2. The van der Waals surface area contributed by atoms with Crippen molar-refractivity contribution in [2.45, 2.75) is 29.5 Å². The first kappa shape index (κ1) is 17.4. The van der Waals surface area contributed by atoms with E-state index in [0.29, 0.717) is 9.90 Å². The zero-order valence-corrected chi connectivity index (χ0v) is 16.0. The third-order valence-electron chi connectivity index (χ3n) is 4.73. The summed E-state index contributed by atoms with van der Waals surface area (Å²) in [6.07, 6.45) is 6.41. The van der Waals surface area contributed by atoms with Crippen LogP contribution in [0.15, 0.2) is 34.8 Å². The summed E-state index contributed by atoms with van der Waals surface area (Å²) in [5.74, 6) is 0.164. The van der Waals surface area contributed by atoms with Crippen LogP contribution in [0.2, 0.25) is 0 Å². The van der Waals surface area contributed by atoms with E-state index in [1.165, 1.54) is 11.8 Å². The number of hydrogen-bond acceptors (Lipinski definition) is 8. The molecule has 2 aromatic heterocycles. The highest BCUT2D eigenvalue weighted by Gasteiger charge is 2.28. The van der Waals surface area contributed by atoms with E-state index in [1.54, 1.807) is 12.4 Å². The maximum Gasteiger partial charge on any atom is 0.188 e. The molecule has 9 heteroatoms. The lowest BCUT2D eigenvalue weighted by molar-refractivity contribution is 0.202. The highest BCUT2D eigenvalue weighted by Crippen LogP contribution is 2.33. The predicted octanol–water partition coefficient (Wildman–Crippen LogP) is 2.26. The molecule has 0 N–H and O–H groups in total. The molecule has 0 radical (unpaired) electrons. The van der Waals surface area contributed by atoms with Crippen LogP contribution in [0.25, 0.3) is 11.0 Å². The second-order valence-electron chi connectivity index (χ2n) is 6.65. The second-order valence-corrected chi connectivity index (χ2v) is 9.61. The number of hydrogen-bond donors (Lipinski definition) is 0. The van der Waals surface area contributed by atoms with Crippen molar-refractivity contribution in [1.82, 2.24) is 24.5 Å². The average Bonchev–Trinajstić information content (AvgIpc) is 3.12. The van der Waals surface area contributed by atoms with Gasteiger partial charge in [-0.1, -0.05) is 10.6 Å². The minimum absolute atomic E-state index is 0.164. The van der Waals surface area contributed by atoms with Gasteiger partial charge in [0.2, 0.25) is 0 Å². The summed E-state index contributed by atoms with van der Waals surface area (Å²) in [6.45, 7) is 2.67. The fraction of sp³-hybridized carbons (Fsp3) is 0.412. The molecule has 3 aromatic rings. The molecule has 26 heavy (non-hydrogen) atoms. The van der Waals surface area contributed by atoms with E-state index in [4.69, 9.17) is 0 Å². The Morgan fingerprint density at radius 2 is 1.88 bits per heavy atom. The van der Waals surface area contributed by atoms with Gasteiger partial charge in [0.1, 0.15) is 0 Å². The number of sulfone groups is 1. The van der Waals surface area contributed by atoms with E-state index in [0.717, 1.165) is 55.0 Å². The lowest BCUT2D eigenvalue weighted by Gasteiger charge is -2.31. The first-order valence-corrected chi connectivity index (χ1v) is 11.1. The molecule has 1 fully saturated rings. The minimum atomic E-state index is -3.26. The quantitative estimate of drug-likeness (QED) is 0.676. The normalized spacial score (nSPS) is 17.0. The van der Waals surface area contributed by atoms with Crippen molar-refractivity contribution in [2.75, 3.05) is 19.3 Å². The number of nitrogens with zero attached hydrogens (tertiary/aromatic N) is 5. The summed E-state index contributed by atoms with van der Waals surface area (Å²) in [5, 5.41) is 4.11. The summed E-state index contributed by atoms with van der Waals surface area (Å²) in [6, 6.07) is 6.18. The SMILES string of the molecule is CS(=O)(=O)c1snnc1C1CCN(Cc2ccc3nccnc3c2)CC1. The van der Waals surface area contributed by atoms with Gasteiger partial charge in [0.25, 0.3) is 0 Å². The first-order valence-electron chi connectivity index (χ1n) is 8.45. The molecular weight excluding hydrogens is 370 g/mol. The van der Waals surface area contributed by atoms with Gasteiger partial charge >= 0.3 is 0 Å². The second kappa shape index (κ2) is 6.98. The number of aromatic nitrogens is 4. The summed E-state index contributed by atoms with van der Waals surface area (Å²) in [7, 11) is -3.26. The molecule has 0 atom stereocenters. The van der Waals surface area contributed by atoms with Gasteiger partial charge in [-0.15, -0.1) is 5.10 Å². The molecule has 1 aliphatic heterocycles. The largest absolute Gasteiger partial charge is 0.299 e. The van der Waals surface area contributed by atoms with Crippen LogP contribution in [0.4, 0.5) is 0 Å². The molecule has 0 saturated carbocycles. The Bertz CT molecular complexity index is 1030. The molecule has 7 nitrogen and oxygen atoms in total. The molecule has 1 saturated heterocycles. The molecule has 0 unspecified atom stereocenters. The van der Waals surface area contributed by atoms with Crippen LogP contribution in [-0.4, -0.2) is 52.2 Å². The molecule has 0 aliphatic carbocycles. The van der Waals surface area contributed by atoms with Crippen molar-refractivity contribution in [3.63, 3.8) is 0 Å². The number of piperidine rings is 1. The van der Waals surface area contributed by atoms with Crippen LogP contribution < -0.4 is 0 Å². The Balaban J connectivity index is 1.43. The van der Waals surface area contributed by atoms with Crippen molar-refractivity contribution in [3.05, 3.63) is 41.9 Å². The van der Waals surface area contributed by atoms with Gasteiger partial charge in [-0.05, 0) is 43.6 Å². The number of fused-ring (bicyclic) bond motifs is 1. The van der Waals surface area contributed by atoms with E-state index >= 15 is 0 Å². The van der Waals surface area contributed by atoms with Crippen molar-refractivity contribution in [3.8, 4) is 0 Å². The molecule has 136 valence electrons. The molecular formula is C17H19N5O2S2. The highest BCUT2D eigenvalue weighted by molar-refractivity contribution is 7.92. The monoisotopic (exact) mass is 389 g/mol. The molecule has 1 aromatic carbocycles. The van der Waals surface area contributed by atoms with Gasteiger partial charge in [-0.3, -0.25) is 14.9 Å². The third kappa shape index (κ3) is 3.60. The van der Waals surface area contributed by atoms with Crippen LogP contribution in [-0.2, 0) is 16.4 Å². The minimum Gasteiger partial charge on any atom is -0.299 e. The Morgan fingerprint density at radius 3 is 2.62 bits per heavy atom. The molecule has 1 aliphatic rings. The maximum absolute atomic E-state index is 11.9. The van der Waals surface area contributed by atoms with Crippen LogP contribution in [0, 0.1) is 0 Å². The standard InChI is InChI=1S/C17H19N5O2S2/c1-26(23,24)17-16(20-21-25-17)13-4-8-22(9-5-13)11-12-2-3-14-15(10-12)19-7-6-18-14/h2-3,6-7,10,13H,4-5,8-9,11H2,1H3. The van der Waals surface area contributed by atoms with Crippen molar-refractivity contribution < 1.29 is 8.42 Å². The van der Waals surface area contributed by atoms with E-state index in [1.807, 2.05) is 6.07 Å². The smallest absolute Gasteiger partial charge is 0.188 e. The van der Waals surface area contributed by atoms with Gasteiger partial charge in [0, 0.05) is 42.6 Å². The van der Waals surface area contributed by atoms with E-state index < -0.39 is 9.84 Å². The Kier molecular flexibility index (Phi) is 4.68. The lowest BCUT2D eigenvalue weighted by Crippen LogP contribution is -2.32. The molecule has 0 amide bonds. The third-order valence-corrected chi connectivity index (χ3v) is 7.29. The Hall–Kier alpha value is -1.97. The summed E-state index contributed by atoms with van der Waals surface area (Å²) < 4.78 is 27.9. The maximum atomic E-state index is 11.9. The number of benzene rings is 1. The summed E-state index contributed by atoms with van der Waals surface area (Å²) in [4.78, 5) is 11.0. The van der Waals surface area contributed by atoms with Gasteiger partial charge in [-0.2, -0.15) is 0 Å². The predicted molar refractivity (Wildman–Crippen MR) is 99.8 cm³/mol. The number of rotatable bonds is 4. The van der Waals surface area contributed by atoms with Gasteiger partial charge in [0.15, 0.2) is 14.0 Å². The van der Waals surface area contributed by atoms with E-state index in [9.17, 15) is 8.42 Å². The van der Waals surface area contributed by atoms with E-state index in [2.05, 4.69) is 36.6 Å². The number of likely N-dealkylation sites (tertiary alicyclic amines) is 1. The van der Waals surface area contributed by atoms with Crippen LogP contribution >= 0.6 is 11.5 Å².